The molecule has 1 heterocycles. The lowest BCUT2D eigenvalue weighted by Gasteiger charge is -2.28. The number of halogens is 1. The van der Waals surface area contributed by atoms with E-state index in [1.54, 1.807) is 0 Å². The minimum absolute atomic E-state index is 0.139. The van der Waals surface area contributed by atoms with E-state index in [0.717, 1.165) is 41.7 Å². The second-order valence-corrected chi connectivity index (χ2v) is 6.37. The topological polar surface area (TPSA) is 32.3 Å². The van der Waals surface area contributed by atoms with Gasteiger partial charge < -0.3 is 10.2 Å². The Hall–Kier alpha value is -0.870. The highest BCUT2D eigenvalue weighted by molar-refractivity contribution is 9.10. The van der Waals surface area contributed by atoms with Crippen molar-refractivity contribution in [2.45, 2.75) is 26.2 Å². The third kappa shape index (κ3) is 4.32. The Balaban J connectivity index is 1.87. The van der Waals surface area contributed by atoms with Crippen LogP contribution in [-0.2, 0) is 4.79 Å². The molecule has 0 bridgehead atoms. The highest BCUT2D eigenvalue weighted by atomic mass is 79.9. The lowest BCUT2D eigenvalue weighted by molar-refractivity contribution is -0.117. The molecule has 3 nitrogen and oxygen atoms in total. The first-order valence-corrected chi connectivity index (χ1v) is 7.58. The number of hydrogen-bond donors (Lipinski definition) is 1. The van der Waals surface area contributed by atoms with Crippen LogP contribution >= 0.6 is 15.9 Å². The predicted octanol–water partition coefficient (Wildman–Crippen LogP) is 3.43. The van der Waals surface area contributed by atoms with E-state index in [2.05, 4.69) is 33.2 Å². The molecule has 1 aliphatic heterocycles. The molecule has 0 aromatic heterocycles. The summed E-state index contributed by atoms with van der Waals surface area (Å²) < 4.78 is 1.04. The minimum Gasteiger partial charge on any atom is -0.326 e. The summed E-state index contributed by atoms with van der Waals surface area (Å²) in [5.74, 6) is 0.673. The van der Waals surface area contributed by atoms with Gasteiger partial charge in [-0.1, -0.05) is 15.9 Å². The number of amides is 1. The third-order valence-electron chi connectivity index (χ3n) is 3.77. The molecule has 1 fully saturated rings. The van der Waals surface area contributed by atoms with Crippen LogP contribution in [0.3, 0.4) is 0 Å². The standard InChI is InChI=1S/C15H21BrN2O/c1-11-9-13(16)3-4-14(11)17-15(19)10-12-5-7-18(2)8-6-12/h3-4,9,12H,5-8,10H2,1-2H3,(H,17,19). The fourth-order valence-corrected chi connectivity index (χ4v) is 2.97. The van der Waals surface area contributed by atoms with E-state index in [1.807, 2.05) is 25.1 Å². The number of anilines is 1. The molecule has 1 aromatic rings. The summed E-state index contributed by atoms with van der Waals surface area (Å²) >= 11 is 3.43. The van der Waals surface area contributed by atoms with E-state index < -0.39 is 0 Å². The summed E-state index contributed by atoms with van der Waals surface area (Å²) in [6, 6.07) is 5.93. The molecule has 4 heteroatoms. The molecule has 2 rings (SSSR count). The Kier molecular flexibility index (Phi) is 4.99. The van der Waals surface area contributed by atoms with Crippen LogP contribution in [0, 0.1) is 12.8 Å². The van der Waals surface area contributed by atoms with Gasteiger partial charge in [-0.05, 0) is 69.6 Å². The average Bonchev–Trinajstić information content (AvgIpc) is 2.36. The van der Waals surface area contributed by atoms with Crippen molar-refractivity contribution in [1.29, 1.82) is 0 Å². The van der Waals surface area contributed by atoms with E-state index >= 15 is 0 Å². The molecule has 0 radical (unpaired) electrons. The van der Waals surface area contributed by atoms with Crippen molar-refractivity contribution >= 4 is 27.5 Å². The fraction of sp³-hybridized carbons (Fsp3) is 0.533. The van der Waals surface area contributed by atoms with Crippen LogP contribution in [0.2, 0.25) is 0 Å². The van der Waals surface area contributed by atoms with Gasteiger partial charge >= 0.3 is 0 Å². The maximum absolute atomic E-state index is 12.1. The SMILES string of the molecule is Cc1cc(Br)ccc1NC(=O)CC1CCN(C)CC1. The average molecular weight is 325 g/mol. The second-order valence-electron chi connectivity index (χ2n) is 5.46. The zero-order chi connectivity index (χ0) is 13.8. The summed E-state index contributed by atoms with van der Waals surface area (Å²) in [6.07, 6.45) is 2.90. The molecule has 1 saturated heterocycles. The molecule has 1 N–H and O–H groups in total. The van der Waals surface area contributed by atoms with Crippen LogP contribution in [0.4, 0.5) is 5.69 Å². The monoisotopic (exact) mass is 324 g/mol. The van der Waals surface area contributed by atoms with Crippen molar-refractivity contribution in [2.24, 2.45) is 5.92 Å². The number of benzene rings is 1. The van der Waals surface area contributed by atoms with Crippen molar-refractivity contribution in [1.82, 2.24) is 4.90 Å². The van der Waals surface area contributed by atoms with E-state index in [9.17, 15) is 4.79 Å². The van der Waals surface area contributed by atoms with Gasteiger partial charge in [0.05, 0.1) is 0 Å². The summed E-state index contributed by atoms with van der Waals surface area (Å²) in [5, 5.41) is 3.02. The zero-order valence-electron chi connectivity index (χ0n) is 11.6. The lowest BCUT2D eigenvalue weighted by atomic mass is 9.93. The number of hydrogen-bond acceptors (Lipinski definition) is 2. The second kappa shape index (κ2) is 6.53. The van der Waals surface area contributed by atoms with E-state index in [-0.39, 0.29) is 5.91 Å². The van der Waals surface area contributed by atoms with Crippen LogP contribution in [0.25, 0.3) is 0 Å². The Bertz CT molecular complexity index is 453. The zero-order valence-corrected chi connectivity index (χ0v) is 13.2. The van der Waals surface area contributed by atoms with Crippen molar-refractivity contribution in [3.05, 3.63) is 28.2 Å². The van der Waals surface area contributed by atoms with E-state index in [1.165, 1.54) is 0 Å². The van der Waals surface area contributed by atoms with Crippen LogP contribution in [0.5, 0.6) is 0 Å². The largest absolute Gasteiger partial charge is 0.326 e. The number of nitrogens with one attached hydrogen (secondary N) is 1. The maximum atomic E-state index is 12.1. The van der Waals surface area contributed by atoms with Gasteiger partial charge in [0.25, 0.3) is 0 Å². The molecule has 0 saturated carbocycles. The molecule has 104 valence electrons. The first-order valence-electron chi connectivity index (χ1n) is 6.79. The molecule has 0 aliphatic carbocycles. The van der Waals surface area contributed by atoms with Gasteiger partial charge in [-0.3, -0.25) is 4.79 Å². The number of likely N-dealkylation sites (tertiary alicyclic amines) is 1. The van der Waals surface area contributed by atoms with Gasteiger partial charge in [0.15, 0.2) is 0 Å². The Morgan fingerprint density at radius 2 is 2.11 bits per heavy atom. The van der Waals surface area contributed by atoms with Crippen molar-refractivity contribution in [3.8, 4) is 0 Å². The first kappa shape index (κ1) is 14.5. The molecule has 19 heavy (non-hydrogen) atoms. The number of piperidine rings is 1. The minimum atomic E-state index is 0.139. The van der Waals surface area contributed by atoms with Gasteiger partial charge in [-0.2, -0.15) is 0 Å². The Labute approximate surface area is 123 Å². The summed E-state index contributed by atoms with van der Waals surface area (Å²) in [5.41, 5.74) is 2.01. The van der Waals surface area contributed by atoms with E-state index in [0.29, 0.717) is 12.3 Å². The van der Waals surface area contributed by atoms with Crippen LogP contribution in [-0.4, -0.2) is 30.9 Å². The predicted molar refractivity (Wildman–Crippen MR) is 82.3 cm³/mol. The van der Waals surface area contributed by atoms with Gasteiger partial charge in [-0.25, -0.2) is 0 Å². The van der Waals surface area contributed by atoms with Crippen LogP contribution in [0.15, 0.2) is 22.7 Å². The number of aryl methyl sites for hydroxylation is 1. The van der Waals surface area contributed by atoms with Gasteiger partial charge in [-0.15, -0.1) is 0 Å². The van der Waals surface area contributed by atoms with Gasteiger partial charge in [0.1, 0.15) is 0 Å². The summed E-state index contributed by atoms with van der Waals surface area (Å²) in [4.78, 5) is 14.4. The van der Waals surface area contributed by atoms with Gasteiger partial charge in [0, 0.05) is 16.6 Å². The molecule has 0 atom stereocenters. The van der Waals surface area contributed by atoms with Gasteiger partial charge in [0.2, 0.25) is 5.91 Å². The first-order chi connectivity index (χ1) is 9.04. The number of nitrogens with zero attached hydrogens (tertiary/aromatic N) is 1. The third-order valence-corrected chi connectivity index (χ3v) is 4.27. The van der Waals surface area contributed by atoms with Crippen molar-refractivity contribution in [2.75, 3.05) is 25.5 Å². The Morgan fingerprint density at radius 3 is 2.74 bits per heavy atom. The molecule has 0 spiro atoms. The molecule has 1 aliphatic rings. The lowest BCUT2D eigenvalue weighted by Crippen LogP contribution is -2.32. The molecule has 0 unspecified atom stereocenters. The highest BCUT2D eigenvalue weighted by Crippen LogP contribution is 2.23. The molecular weight excluding hydrogens is 304 g/mol. The Morgan fingerprint density at radius 1 is 1.42 bits per heavy atom. The van der Waals surface area contributed by atoms with Crippen molar-refractivity contribution < 1.29 is 4.79 Å². The molecule has 1 amide bonds. The molecular formula is C15H21BrN2O. The smallest absolute Gasteiger partial charge is 0.224 e. The normalized spacial score (nSPS) is 17.4. The summed E-state index contributed by atoms with van der Waals surface area (Å²) in [7, 11) is 2.14. The number of carbonyl (C=O) groups is 1. The maximum Gasteiger partial charge on any atom is 0.224 e. The van der Waals surface area contributed by atoms with Crippen LogP contribution < -0.4 is 5.32 Å². The fourth-order valence-electron chi connectivity index (χ4n) is 2.50. The van der Waals surface area contributed by atoms with E-state index in [4.69, 9.17) is 0 Å². The quantitative estimate of drug-likeness (QED) is 0.923. The number of rotatable bonds is 3. The van der Waals surface area contributed by atoms with Crippen molar-refractivity contribution in [3.63, 3.8) is 0 Å². The highest BCUT2D eigenvalue weighted by Gasteiger charge is 2.19. The number of carbonyl (C=O) groups excluding carboxylic acids is 1. The van der Waals surface area contributed by atoms with Crippen LogP contribution in [0.1, 0.15) is 24.8 Å². The molecule has 1 aromatic carbocycles. The summed E-state index contributed by atoms with van der Waals surface area (Å²) in [6.45, 7) is 4.22.